The van der Waals surface area contributed by atoms with E-state index in [4.69, 9.17) is 5.11 Å². The van der Waals surface area contributed by atoms with Gasteiger partial charge in [-0.1, -0.05) is 32.9 Å². The number of carboxylic acids is 1. The number of carbonyl (C=O) groups is 2. The number of anilines is 1. The molecule has 17 heavy (non-hydrogen) atoms. The van der Waals surface area contributed by atoms with Crippen molar-refractivity contribution in [1.29, 1.82) is 0 Å². The van der Waals surface area contributed by atoms with Crippen molar-refractivity contribution in [2.45, 2.75) is 27.2 Å². The zero-order chi connectivity index (χ0) is 13.1. The summed E-state index contributed by atoms with van der Waals surface area (Å²) in [6.07, 6.45) is 0.689. The summed E-state index contributed by atoms with van der Waals surface area (Å²) in [5.41, 5.74) is -0.0645. The Balaban J connectivity index is 2.97. The molecule has 0 heterocycles. The van der Waals surface area contributed by atoms with Crippen LogP contribution in [0.15, 0.2) is 24.3 Å². The summed E-state index contributed by atoms with van der Waals surface area (Å²) < 4.78 is 0. The van der Waals surface area contributed by atoms with Crippen molar-refractivity contribution in [3.05, 3.63) is 29.8 Å². The summed E-state index contributed by atoms with van der Waals surface area (Å²) in [4.78, 5) is 22.9. The Morgan fingerprint density at radius 3 is 2.41 bits per heavy atom. The van der Waals surface area contributed by atoms with Gasteiger partial charge in [0.1, 0.15) is 0 Å². The Morgan fingerprint density at radius 1 is 1.29 bits per heavy atom. The van der Waals surface area contributed by atoms with Crippen LogP contribution in [0.1, 0.15) is 37.6 Å². The van der Waals surface area contributed by atoms with E-state index < -0.39 is 11.4 Å². The van der Waals surface area contributed by atoms with Gasteiger partial charge in [-0.25, -0.2) is 4.79 Å². The predicted octanol–water partition coefficient (Wildman–Crippen LogP) is 2.76. The van der Waals surface area contributed by atoms with E-state index in [-0.39, 0.29) is 11.5 Å². The zero-order valence-corrected chi connectivity index (χ0v) is 10.3. The molecule has 0 unspecified atom stereocenters. The summed E-state index contributed by atoms with van der Waals surface area (Å²) in [6, 6.07) is 6.38. The molecule has 0 saturated heterocycles. The lowest BCUT2D eigenvalue weighted by atomic mass is 9.89. The van der Waals surface area contributed by atoms with E-state index in [1.807, 2.05) is 20.8 Å². The van der Waals surface area contributed by atoms with Crippen molar-refractivity contribution >= 4 is 17.6 Å². The molecule has 0 saturated carbocycles. The van der Waals surface area contributed by atoms with Gasteiger partial charge >= 0.3 is 5.97 Å². The van der Waals surface area contributed by atoms with Crippen LogP contribution in [0, 0.1) is 5.41 Å². The third-order valence-electron chi connectivity index (χ3n) is 2.90. The molecule has 1 aromatic rings. The number of carbonyl (C=O) groups excluding carboxylic acids is 1. The number of benzene rings is 1. The highest BCUT2D eigenvalue weighted by Gasteiger charge is 2.26. The van der Waals surface area contributed by atoms with Crippen LogP contribution in [0.2, 0.25) is 0 Å². The number of carboxylic acid groups (broad SMARTS) is 1. The van der Waals surface area contributed by atoms with E-state index in [1.165, 1.54) is 6.07 Å². The standard InChI is InChI=1S/C13H17NO3/c1-4-13(2,3)12(17)14-10-8-6-5-7-9(10)11(15)16/h5-8H,4H2,1-3H3,(H,14,17)(H,15,16). The first-order chi connectivity index (χ1) is 7.88. The van der Waals surface area contributed by atoms with Crippen molar-refractivity contribution in [1.82, 2.24) is 0 Å². The van der Waals surface area contributed by atoms with Gasteiger partial charge in [0, 0.05) is 5.41 Å². The lowest BCUT2D eigenvalue weighted by Crippen LogP contribution is -2.30. The Morgan fingerprint density at radius 2 is 1.88 bits per heavy atom. The van der Waals surface area contributed by atoms with Crippen molar-refractivity contribution in [3.8, 4) is 0 Å². The normalized spacial score (nSPS) is 11.0. The number of rotatable bonds is 4. The van der Waals surface area contributed by atoms with Gasteiger partial charge in [0.25, 0.3) is 0 Å². The van der Waals surface area contributed by atoms with E-state index in [0.29, 0.717) is 12.1 Å². The molecular weight excluding hydrogens is 218 g/mol. The third kappa shape index (κ3) is 3.06. The molecular formula is C13H17NO3. The summed E-state index contributed by atoms with van der Waals surface area (Å²) in [6.45, 7) is 5.57. The lowest BCUT2D eigenvalue weighted by molar-refractivity contribution is -0.124. The summed E-state index contributed by atoms with van der Waals surface area (Å²) in [5.74, 6) is -1.22. The van der Waals surface area contributed by atoms with Crippen LogP contribution < -0.4 is 5.32 Å². The quantitative estimate of drug-likeness (QED) is 0.843. The molecule has 1 aromatic carbocycles. The van der Waals surface area contributed by atoms with Crippen LogP contribution >= 0.6 is 0 Å². The maximum Gasteiger partial charge on any atom is 0.337 e. The molecule has 0 spiro atoms. The van der Waals surface area contributed by atoms with Crippen LogP contribution in [0.5, 0.6) is 0 Å². The average Bonchev–Trinajstić information content (AvgIpc) is 2.29. The van der Waals surface area contributed by atoms with E-state index in [2.05, 4.69) is 5.32 Å². The van der Waals surface area contributed by atoms with Gasteiger partial charge in [0.2, 0.25) is 5.91 Å². The smallest absolute Gasteiger partial charge is 0.337 e. The molecule has 0 atom stereocenters. The van der Waals surface area contributed by atoms with Crippen LogP contribution in [0.3, 0.4) is 0 Å². The van der Waals surface area contributed by atoms with E-state index in [1.54, 1.807) is 18.2 Å². The fourth-order valence-corrected chi connectivity index (χ4v) is 1.23. The second kappa shape index (κ2) is 4.99. The molecule has 1 rings (SSSR count). The highest BCUT2D eigenvalue weighted by Crippen LogP contribution is 2.23. The molecule has 0 aliphatic rings. The van der Waals surface area contributed by atoms with Crippen molar-refractivity contribution in [2.24, 2.45) is 5.41 Å². The summed E-state index contributed by atoms with van der Waals surface area (Å²) in [5, 5.41) is 11.7. The number of nitrogens with one attached hydrogen (secondary N) is 1. The largest absolute Gasteiger partial charge is 0.478 e. The molecule has 0 radical (unpaired) electrons. The number of hydrogen-bond donors (Lipinski definition) is 2. The maximum atomic E-state index is 11.9. The minimum Gasteiger partial charge on any atom is -0.478 e. The summed E-state index contributed by atoms with van der Waals surface area (Å²) in [7, 11) is 0. The van der Waals surface area contributed by atoms with Gasteiger partial charge in [-0.3, -0.25) is 4.79 Å². The van der Waals surface area contributed by atoms with Gasteiger partial charge < -0.3 is 10.4 Å². The highest BCUT2D eigenvalue weighted by atomic mass is 16.4. The first kappa shape index (κ1) is 13.2. The molecule has 1 amide bonds. The molecule has 92 valence electrons. The van der Waals surface area contributed by atoms with E-state index in [0.717, 1.165) is 0 Å². The van der Waals surface area contributed by atoms with Gasteiger partial charge in [0.15, 0.2) is 0 Å². The number of aromatic carboxylic acids is 1. The monoisotopic (exact) mass is 235 g/mol. The first-order valence-electron chi connectivity index (χ1n) is 5.52. The topological polar surface area (TPSA) is 66.4 Å². The van der Waals surface area contributed by atoms with Crippen LogP contribution in [0.25, 0.3) is 0 Å². The predicted molar refractivity (Wildman–Crippen MR) is 66.1 cm³/mol. The number of hydrogen-bond acceptors (Lipinski definition) is 2. The second-order valence-electron chi connectivity index (χ2n) is 4.54. The molecule has 4 nitrogen and oxygen atoms in total. The SMILES string of the molecule is CCC(C)(C)C(=O)Nc1ccccc1C(=O)O. The molecule has 4 heteroatoms. The highest BCUT2D eigenvalue weighted by molar-refractivity contribution is 6.02. The molecule has 0 aliphatic carbocycles. The third-order valence-corrected chi connectivity index (χ3v) is 2.90. The Bertz CT molecular complexity index is 438. The van der Waals surface area contributed by atoms with Gasteiger partial charge in [-0.15, -0.1) is 0 Å². The van der Waals surface area contributed by atoms with E-state index in [9.17, 15) is 9.59 Å². The number of amides is 1. The van der Waals surface area contributed by atoms with Gasteiger partial charge in [-0.2, -0.15) is 0 Å². The zero-order valence-electron chi connectivity index (χ0n) is 10.3. The lowest BCUT2D eigenvalue weighted by Gasteiger charge is -2.22. The molecule has 0 bridgehead atoms. The molecule has 0 aliphatic heterocycles. The van der Waals surface area contributed by atoms with Crippen molar-refractivity contribution in [3.63, 3.8) is 0 Å². The molecule has 2 N–H and O–H groups in total. The van der Waals surface area contributed by atoms with Gasteiger partial charge in [0.05, 0.1) is 11.3 Å². The van der Waals surface area contributed by atoms with Crippen molar-refractivity contribution < 1.29 is 14.7 Å². The number of para-hydroxylation sites is 1. The van der Waals surface area contributed by atoms with Gasteiger partial charge in [-0.05, 0) is 18.6 Å². The van der Waals surface area contributed by atoms with E-state index >= 15 is 0 Å². The summed E-state index contributed by atoms with van der Waals surface area (Å²) >= 11 is 0. The Kier molecular flexibility index (Phi) is 3.89. The minimum atomic E-state index is -1.05. The fourth-order valence-electron chi connectivity index (χ4n) is 1.23. The fraction of sp³-hybridized carbons (Fsp3) is 0.385. The van der Waals surface area contributed by atoms with Crippen LogP contribution in [-0.4, -0.2) is 17.0 Å². The van der Waals surface area contributed by atoms with Crippen molar-refractivity contribution in [2.75, 3.05) is 5.32 Å². The van der Waals surface area contributed by atoms with Crippen LogP contribution in [0.4, 0.5) is 5.69 Å². The van der Waals surface area contributed by atoms with Crippen LogP contribution in [-0.2, 0) is 4.79 Å². The molecule has 0 aromatic heterocycles. The average molecular weight is 235 g/mol. The Labute approximate surface area is 101 Å². The second-order valence-corrected chi connectivity index (χ2v) is 4.54. The molecule has 0 fully saturated rings. The first-order valence-corrected chi connectivity index (χ1v) is 5.52. The Hall–Kier alpha value is -1.84. The minimum absolute atomic E-state index is 0.104. The maximum absolute atomic E-state index is 11.9.